The first-order valence-electron chi connectivity index (χ1n) is 13.2. The van der Waals surface area contributed by atoms with E-state index in [2.05, 4.69) is 15.3 Å². The summed E-state index contributed by atoms with van der Waals surface area (Å²) in [4.78, 5) is 51.2. The molecule has 0 saturated carbocycles. The van der Waals surface area contributed by atoms with Gasteiger partial charge in [0.15, 0.2) is 6.04 Å². The molecule has 0 aliphatic heterocycles. The molecule has 2 aromatic carbocycles. The Morgan fingerprint density at radius 3 is 2.64 bits per heavy atom. The maximum atomic E-state index is 13.5. The molecule has 9 nitrogen and oxygen atoms in total. The predicted molar refractivity (Wildman–Crippen MR) is 153 cm³/mol. The van der Waals surface area contributed by atoms with Crippen LogP contribution < -0.4 is 5.32 Å². The van der Waals surface area contributed by atoms with Crippen LogP contribution in [0.4, 0.5) is 0 Å². The summed E-state index contributed by atoms with van der Waals surface area (Å²) in [6.07, 6.45) is 6.68. The lowest BCUT2D eigenvalue weighted by Gasteiger charge is -2.31. The van der Waals surface area contributed by atoms with Gasteiger partial charge >= 0.3 is 5.97 Å². The molecule has 3 N–H and O–H groups in total. The number of aromatic nitrogens is 2. The van der Waals surface area contributed by atoms with Gasteiger partial charge in [-0.2, -0.15) is 11.8 Å². The number of carbonyl (C=O) groups excluding carboxylic acids is 2. The molecule has 210 valence electrons. The van der Waals surface area contributed by atoms with Gasteiger partial charge < -0.3 is 15.4 Å². The first-order chi connectivity index (χ1) is 18.8. The molecule has 1 aromatic heterocycles. The van der Waals surface area contributed by atoms with Crippen molar-refractivity contribution in [3.63, 3.8) is 0 Å². The van der Waals surface area contributed by atoms with Crippen molar-refractivity contribution in [2.24, 2.45) is 5.92 Å². The summed E-state index contributed by atoms with van der Waals surface area (Å²) < 4.78 is 0. The fourth-order valence-electron chi connectivity index (χ4n) is 4.37. The highest BCUT2D eigenvalue weighted by molar-refractivity contribution is 7.98. The van der Waals surface area contributed by atoms with E-state index in [0.29, 0.717) is 17.9 Å². The Morgan fingerprint density at radius 2 is 1.95 bits per heavy atom. The number of aliphatic carboxylic acids is 1. The van der Waals surface area contributed by atoms with Gasteiger partial charge in [0.2, 0.25) is 11.8 Å². The average molecular weight is 555 g/mol. The molecule has 0 aliphatic carbocycles. The fourth-order valence-corrected chi connectivity index (χ4v) is 4.83. The SMILES string of the molecule is CC[C@H](C)[C@@H](CON(C(=O)CCc1cccc2ccccc12)[C@@H](CCSC)C(=O)O)NC(=O)Cc1cnc[nH]1. The van der Waals surface area contributed by atoms with E-state index in [9.17, 15) is 19.5 Å². The smallest absolute Gasteiger partial charge is 0.329 e. The van der Waals surface area contributed by atoms with Crippen LogP contribution in [0.2, 0.25) is 0 Å². The third kappa shape index (κ3) is 8.83. The zero-order valence-corrected chi connectivity index (χ0v) is 23.6. The molecule has 0 unspecified atom stereocenters. The number of carboxylic acids is 1. The molecule has 0 aliphatic rings. The van der Waals surface area contributed by atoms with Gasteiger partial charge in [-0.25, -0.2) is 14.8 Å². The normalized spacial score (nSPS) is 13.5. The summed E-state index contributed by atoms with van der Waals surface area (Å²) in [5.41, 5.74) is 1.70. The fraction of sp³-hybridized carbons (Fsp3) is 0.448. The van der Waals surface area contributed by atoms with Gasteiger partial charge in [0, 0.05) is 18.3 Å². The summed E-state index contributed by atoms with van der Waals surface area (Å²) >= 11 is 1.51. The Labute approximate surface area is 233 Å². The maximum absolute atomic E-state index is 13.5. The van der Waals surface area contributed by atoms with Gasteiger partial charge in [0.1, 0.15) is 0 Å². The molecule has 0 bridgehead atoms. The van der Waals surface area contributed by atoms with Crippen LogP contribution in [0.25, 0.3) is 10.8 Å². The minimum Gasteiger partial charge on any atom is -0.480 e. The van der Waals surface area contributed by atoms with Gasteiger partial charge in [-0.1, -0.05) is 62.7 Å². The third-order valence-electron chi connectivity index (χ3n) is 6.87. The molecule has 2 amide bonds. The molecule has 1 heterocycles. The molecule has 0 radical (unpaired) electrons. The minimum absolute atomic E-state index is 0.0211. The van der Waals surface area contributed by atoms with Crippen molar-refractivity contribution in [3.8, 4) is 0 Å². The first kappa shape index (κ1) is 30.2. The van der Waals surface area contributed by atoms with Crippen molar-refractivity contribution in [1.82, 2.24) is 20.3 Å². The Balaban J connectivity index is 1.75. The van der Waals surface area contributed by atoms with Crippen LogP contribution in [-0.2, 0) is 32.1 Å². The van der Waals surface area contributed by atoms with Crippen molar-refractivity contribution in [1.29, 1.82) is 0 Å². The summed E-state index contributed by atoms with van der Waals surface area (Å²) in [6.45, 7) is 3.97. The quantitative estimate of drug-likeness (QED) is 0.226. The van der Waals surface area contributed by atoms with Gasteiger partial charge in [0.05, 0.1) is 25.4 Å². The number of aromatic amines is 1. The third-order valence-corrected chi connectivity index (χ3v) is 7.52. The van der Waals surface area contributed by atoms with Crippen LogP contribution in [0.15, 0.2) is 55.0 Å². The number of hydrogen-bond acceptors (Lipinski definition) is 6. The number of carbonyl (C=O) groups is 3. The number of fused-ring (bicyclic) bond motifs is 1. The largest absolute Gasteiger partial charge is 0.480 e. The number of hydrogen-bond donors (Lipinski definition) is 3. The van der Waals surface area contributed by atoms with E-state index in [1.807, 2.05) is 62.6 Å². The number of benzene rings is 2. The molecule has 3 aromatic rings. The van der Waals surface area contributed by atoms with Crippen LogP contribution >= 0.6 is 11.8 Å². The molecule has 10 heteroatoms. The topological polar surface area (TPSA) is 125 Å². The highest BCUT2D eigenvalue weighted by Crippen LogP contribution is 2.21. The summed E-state index contributed by atoms with van der Waals surface area (Å²) in [7, 11) is 0. The zero-order valence-electron chi connectivity index (χ0n) is 22.8. The standard InChI is InChI=1S/C29H38N4O5S/c1-4-20(2)25(32-27(34)16-23-17-30-19-31-23)18-38-33(26(29(36)37)14-15-39-3)28(35)13-12-22-10-7-9-21-8-5-6-11-24(21)22/h5-11,17,19-20,25-26H,4,12-16,18H2,1-3H3,(H,30,31)(H,32,34)(H,36,37)/t20-,25+,26-/m0/s1. The van der Waals surface area contributed by atoms with Crippen LogP contribution in [0.5, 0.6) is 0 Å². The van der Waals surface area contributed by atoms with Gasteiger partial charge in [0.25, 0.3) is 0 Å². The maximum Gasteiger partial charge on any atom is 0.329 e. The molecule has 39 heavy (non-hydrogen) atoms. The molecule has 3 rings (SSSR count). The monoisotopic (exact) mass is 554 g/mol. The highest BCUT2D eigenvalue weighted by Gasteiger charge is 2.32. The summed E-state index contributed by atoms with van der Waals surface area (Å²) in [6, 6.07) is 12.4. The van der Waals surface area contributed by atoms with Crippen molar-refractivity contribution in [3.05, 3.63) is 66.2 Å². The summed E-state index contributed by atoms with van der Waals surface area (Å²) in [5.74, 6) is -1.13. The first-order valence-corrected chi connectivity index (χ1v) is 14.6. The van der Waals surface area contributed by atoms with E-state index in [1.54, 1.807) is 6.20 Å². The van der Waals surface area contributed by atoms with E-state index in [0.717, 1.165) is 27.8 Å². The predicted octanol–water partition coefficient (Wildman–Crippen LogP) is 4.24. The Hall–Kier alpha value is -3.37. The number of imidazole rings is 1. The highest BCUT2D eigenvalue weighted by atomic mass is 32.2. The Morgan fingerprint density at radius 1 is 1.18 bits per heavy atom. The summed E-state index contributed by atoms with van der Waals surface area (Å²) in [5, 5.41) is 16.2. The van der Waals surface area contributed by atoms with Crippen LogP contribution in [0, 0.1) is 5.92 Å². The van der Waals surface area contributed by atoms with Crippen molar-refractivity contribution in [2.45, 2.75) is 58.0 Å². The Kier molecular flexibility index (Phi) is 11.8. The number of carboxylic acid groups (broad SMARTS) is 1. The van der Waals surface area contributed by atoms with E-state index in [-0.39, 0.29) is 37.7 Å². The second kappa shape index (κ2) is 15.3. The minimum atomic E-state index is -1.13. The number of nitrogens with one attached hydrogen (secondary N) is 2. The lowest BCUT2D eigenvalue weighted by atomic mass is 9.99. The number of thioether (sulfide) groups is 1. The second-order valence-electron chi connectivity index (χ2n) is 9.60. The van der Waals surface area contributed by atoms with Crippen LogP contribution in [0.1, 0.15) is 44.4 Å². The lowest BCUT2D eigenvalue weighted by molar-refractivity contribution is -0.210. The molecule has 0 fully saturated rings. The van der Waals surface area contributed by atoms with Crippen LogP contribution in [0.3, 0.4) is 0 Å². The number of nitrogens with zero attached hydrogens (tertiary/aromatic N) is 2. The zero-order chi connectivity index (χ0) is 28.2. The van der Waals surface area contributed by atoms with Crippen molar-refractivity contribution < 1.29 is 24.3 Å². The van der Waals surface area contributed by atoms with Gasteiger partial charge in [-0.3, -0.25) is 14.4 Å². The van der Waals surface area contributed by atoms with E-state index >= 15 is 0 Å². The van der Waals surface area contributed by atoms with Crippen molar-refractivity contribution >= 4 is 40.3 Å². The van der Waals surface area contributed by atoms with Crippen LogP contribution in [-0.4, -0.2) is 68.6 Å². The van der Waals surface area contributed by atoms with Gasteiger partial charge in [-0.05, 0) is 47.1 Å². The number of aryl methyl sites for hydroxylation is 1. The molecule has 0 saturated heterocycles. The Bertz CT molecular complexity index is 1210. The lowest BCUT2D eigenvalue weighted by Crippen LogP contribution is -2.50. The second-order valence-corrected chi connectivity index (χ2v) is 10.6. The molecule has 0 spiro atoms. The number of amides is 2. The number of rotatable bonds is 16. The van der Waals surface area contributed by atoms with E-state index in [1.165, 1.54) is 18.1 Å². The van der Waals surface area contributed by atoms with Crippen molar-refractivity contribution in [2.75, 3.05) is 18.6 Å². The molecular formula is C29H38N4O5S. The molecule has 3 atom stereocenters. The molecular weight excluding hydrogens is 516 g/mol. The average Bonchev–Trinajstić information content (AvgIpc) is 3.44. The number of H-pyrrole nitrogens is 1. The van der Waals surface area contributed by atoms with E-state index in [4.69, 9.17) is 4.84 Å². The number of hydroxylamine groups is 2. The van der Waals surface area contributed by atoms with Gasteiger partial charge in [-0.15, -0.1) is 0 Å². The van der Waals surface area contributed by atoms with E-state index < -0.39 is 24.0 Å².